The van der Waals surface area contributed by atoms with Gasteiger partial charge >= 0.3 is 0 Å². The summed E-state index contributed by atoms with van der Waals surface area (Å²) in [5.74, 6) is 1.36. The molecule has 0 spiro atoms. The zero-order valence-electron chi connectivity index (χ0n) is 6.96. The monoisotopic (exact) mass is 156 g/mol. The van der Waals surface area contributed by atoms with Crippen molar-refractivity contribution in [3.63, 3.8) is 0 Å². The second-order valence-corrected chi connectivity index (χ2v) is 2.26. The van der Waals surface area contributed by atoms with Crippen molar-refractivity contribution in [3.05, 3.63) is 23.9 Å². The number of ether oxygens (including phenoxy) is 3. The van der Waals surface area contributed by atoms with Gasteiger partial charge in [-0.05, 0) is 6.92 Å². The minimum atomic E-state index is 0.0591. The van der Waals surface area contributed by atoms with Gasteiger partial charge in [-0.2, -0.15) is 0 Å². The Morgan fingerprint density at radius 3 is 2.45 bits per heavy atom. The Bertz CT molecular complexity index is 194. The molecule has 0 N–H and O–H groups in total. The highest BCUT2D eigenvalue weighted by Crippen LogP contribution is 2.18. The van der Waals surface area contributed by atoms with Crippen molar-refractivity contribution < 1.29 is 14.2 Å². The zero-order valence-corrected chi connectivity index (χ0v) is 6.96. The maximum atomic E-state index is 5.17. The van der Waals surface area contributed by atoms with E-state index in [1.807, 2.05) is 13.0 Å². The molecule has 0 fully saturated rings. The van der Waals surface area contributed by atoms with Gasteiger partial charge in [0.2, 0.25) is 0 Å². The van der Waals surface area contributed by atoms with Gasteiger partial charge < -0.3 is 14.2 Å². The van der Waals surface area contributed by atoms with E-state index in [1.165, 1.54) is 0 Å². The van der Waals surface area contributed by atoms with E-state index in [0.717, 1.165) is 5.76 Å². The lowest BCUT2D eigenvalue weighted by Crippen LogP contribution is -2.10. The molecule has 1 aliphatic rings. The van der Waals surface area contributed by atoms with Crippen LogP contribution >= 0.6 is 0 Å². The molecule has 0 aromatic heterocycles. The van der Waals surface area contributed by atoms with Crippen LogP contribution in [-0.4, -0.2) is 20.3 Å². The molecular weight excluding hydrogens is 144 g/mol. The molecule has 0 saturated heterocycles. The van der Waals surface area contributed by atoms with E-state index in [1.54, 1.807) is 20.5 Å². The second kappa shape index (κ2) is 3.32. The van der Waals surface area contributed by atoms with Crippen molar-refractivity contribution in [3.8, 4) is 0 Å². The van der Waals surface area contributed by atoms with Crippen molar-refractivity contribution >= 4 is 0 Å². The fourth-order valence-corrected chi connectivity index (χ4v) is 0.879. The van der Waals surface area contributed by atoms with Gasteiger partial charge in [0.05, 0.1) is 14.2 Å². The SMILES string of the molecule is COC1=COC(C)C=C1OC. The maximum absolute atomic E-state index is 5.17. The molecular formula is C8H12O3. The largest absolute Gasteiger partial charge is 0.493 e. The van der Waals surface area contributed by atoms with E-state index < -0.39 is 0 Å². The van der Waals surface area contributed by atoms with E-state index in [9.17, 15) is 0 Å². The lowest BCUT2D eigenvalue weighted by molar-refractivity contribution is 0.138. The van der Waals surface area contributed by atoms with Crippen LogP contribution in [0.15, 0.2) is 23.9 Å². The summed E-state index contributed by atoms with van der Waals surface area (Å²) >= 11 is 0. The average Bonchev–Trinajstić information content (AvgIpc) is 2.04. The maximum Gasteiger partial charge on any atom is 0.195 e. The Kier molecular flexibility index (Phi) is 2.41. The van der Waals surface area contributed by atoms with Crippen molar-refractivity contribution in [2.75, 3.05) is 14.2 Å². The minimum Gasteiger partial charge on any atom is -0.493 e. The predicted molar refractivity (Wildman–Crippen MR) is 40.7 cm³/mol. The molecule has 0 radical (unpaired) electrons. The molecule has 1 aliphatic heterocycles. The molecule has 0 aromatic rings. The van der Waals surface area contributed by atoms with E-state index in [2.05, 4.69) is 0 Å². The number of hydrogen-bond acceptors (Lipinski definition) is 3. The normalized spacial score (nSPS) is 23.0. The van der Waals surface area contributed by atoms with Crippen LogP contribution < -0.4 is 0 Å². The van der Waals surface area contributed by atoms with E-state index in [4.69, 9.17) is 14.2 Å². The summed E-state index contributed by atoms with van der Waals surface area (Å²) in [7, 11) is 3.19. The standard InChI is InChI=1S/C8H12O3/c1-6-4-7(9-2)8(10-3)5-11-6/h4-6H,1-3H3. The van der Waals surface area contributed by atoms with Gasteiger partial charge in [0.15, 0.2) is 11.5 Å². The molecule has 11 heavy (non-hydrogen) atoms. The Labute approximate surface area is 66.2 Å². The summed E-state index contributed by atoms with van der Waals surface area (Å²) < 4.78 is 15.2. The highest BCUT2D eigenvalue weighted by atomic mass is 16.5. The average molecular weight is 156 g/mol. The van der Waals surface area contributed by atoms with Gasteiger partial charge in [-0.15, -0.1) is 0 Å². The quantitative estimate of drug-likeness (QED) is 0.605. The molecule has 0 aromatic carbocycles. The van der Waals surface area contributed by atoms with Crippen LogP contribution in [0.3, 0.4) is 0 Å². The summed E-state index contributed by atoms with van der Waals surface area (Å²) in [6, 6.07) is 0. The molecule has 1 rings (SSSR count). The first-order chi connectivity index (χ1) is 5.27. The third-order valence-corrected chi connectivity index (χ3v) is 1.46. The van der Waals surface area contributed by atoms with E-state index in [-0.39, 0.29) is 6.10 Å². The fraction of sp³-hybridized carbons (Fsp3) is 0.500. The molecule has 62 valence electrons. The van der Waals surface area contributed by atoms with Gasteiger partial charge in [0.25, 0.3) is 0 Å². The number of hydrogen-bond donors (Lipinski definition) is 0. The van der Waals surface area contributed by atoms with Gasteiger partial charge in [-0.3, -0.25) is 0 Å². The smallest absolute Gasteiger partial charge is 0.195 e. The third kappa shape index (κ3) is 1.67. The zero-order chi connectivity index (χ0) is 8.27. The molecule has 1 unspecified atom stereocenters. The molecule has 1 atom stereocenters. The topological polar surface area (TPSA) is 27.7 Å². The summed E-state index contributed by atoms with van der Waals surface area (Å²) in [5.41, 5.74) is 0. The predicted octanol–water partition coefficient (Wildman–Crippen LogP) is 1.42. The summed E-state index contributed by atoms with van der Waals surface area (Å²) in [4.78, 5) is 0. The lowest BCUT2D eigenvalue weighted by Gasteiger charge is -2.17. The van der Waals surface area contributed by atoms with Crippen LogP contribution in [0.1, 0.15) is 6.92 Å². The molecule has 1 heterocycles. The first-order valence-electron chi connectivity index (χ1n) is 3.43. The van der Waals surface area contributed by atoms with Crippen LogP contribution in [-0.2, 0) is 14.2 Å². The third-order valence-electron chi connectivity index (χ3n) is 1.46. The fourth-order valence-electron chi connectivity index (χ4n) is 0.879. The van der Waals surface area contributed by atoms with Gasteiger partial charge in [-0.25, -0.2) is 0 Å². The number of rotatable bonds is 2. The van der Waals surface area contributed by atoms with Crippen molar-refractivity contribution in [1.82, 2.24) is 0 Å². The van der Waals surface area contributed by atoms with Gasteiger partial charge in [-0.1, -0.05) is 0 Å². The molecule has 0 aliphatic carbocycles. The van der Waals surface area contributed by atoms with Gasteiger partial charge in [0, 0.05) is 6.08 Å². The molecule has 3 nitrogen and oxygen atoms in total. The molecule has 3 heteroatoms. The van der Waals surface area contributed by atoms with Crippen LogP contribution in [0, 0.1) is 0 Å². The van der Waals surface area contributed by atoms with Crippen molar-refractivity contribution in [2.24, 2.45) is 0 Å². The molecule has 0 saturated carbocycles. The molecule has 0 amide bonds. The van der Waals surface area contributed by atoms with E-state index in [0.29, 0.717) is 5.76 Å². The Balaban J connectivity index is 2.74. The van der Waals surface area contributed by atoms with Crippen LogP contribution in [0.4, 0.5) is 0 Å². The van der Waals surface area contributed by atoms with Crippen LogP contribution in [0.5, 0.6) is 0 Å². The van der Waals surface area contributed by atoms with Crippen molar-refractivity contribution in [2.45, 2.75) is 13.0 Å². The molecule has 0 bridgehead atoms. The summed E-state index contributed by atoms with van der Waals surface area (Å²) in [6.45, 7) is 1.93. The highest BCUT2D eigenvalue weighted by Gasteiger charge is 2.13. The van der Waals surface area contributed by atoms with Crippen LogP contribution in [0.2, 0.25) is 0 Å². The summed E-state index contributed by atoms with van der Waals surface area (Å²) in [5, 5.41) is 0. The Morgan fingerprint density at radius 1 is 1.27 bits per heavy atom. The number of methoxy groups -OCH3 is 2. The second-order valence-electron chi connectivity index (χ2n) is 2.26. The summed E-state index contributed by atoms with van der Waals surface area (Å²) in [6.07, 6.45) is 3.48. The Morgan fingerprint density at radius 2 is 1.91 bits per heavy atom. The Hall–Kier alpha value is -1.12. The highest BCUT2D eigenvalue weighted by molar-refractivity contribution is 5.22. The lowest BCUT2D eigenvalue weighted by atomic mass is 10.2. The van der Waals surface area contributed by atoms with Crippen molar-refractivity contribution in [1.29, 1.82) is 0 Å². The first-order valence-corrected chi connectivity index (χ1v) is 3.43. The van der Waals surface area contributed by atoms with Gasteiger partial charge in [0.1, 0.15) is 12.4 Å². The van der Waals surface area contributed by atoms with Crippen LogP contribution in [0.25, 0.3) is 0 Å². The van der Waals surface area contributed by atoms with E-state index >= 15 is 0 Å². The minimum absolute atomic E-state index is 0.0591. The first kappa shape index (κ1) is 7.98.